The summed E-state index contributed by atoms with van der Waals surface area (Å²) >= 11 is 0. The molecule has 0 amide bonds. The van der Waals surface area contributed by atoms with Crippen LogP contribution in [0.2, 0.25) is 0 Å². The number of hydrogen-bond acceptors (Lipinski definition) is 4. The Kier molecular flexibility index (Phi) is 8.09. The molecule has 0 fully saturated rings. The summed E-state index contributed by atoms with van der Waals surface area (Å²) in [5, 5.41) is 13.4. The van der Waals surface area contributed by atoms with Gasteiger partial charge in [-0.3, -0.25) is 0 Å². The smallest absolute Gasteiger partial charge is 0.193 e. The number of benzene rings is 2. The number of ether oxygens (including phenoxy) is 2. The van der Waals surface area contributed by atoms with Gasteiger partial charge in [0, 0.05) is 6.07 Å². The van der Waals surface area contributed by atoms with Crippen molar-refractivity contribution in [1.82, 2.24) is 0 Å². The number of nitrogens with one attached hydrogen (secondary N) is 1. The molecule has 0 aliphatic rings. The van der Waals surface area contributed by atoms with Gasteiger partial charge in [-0.15, -0.1) is 24.0 Å². The van der Waals surface area contributed by atoms with E-state index in [9.17, 15) is 9.50 Å². The first-order valence-electron chi connectivity index (χ1n) is 7.63. The highest BCUT2D eigenvalue weighted by atomic mass is 127. The Balaban J connectivity index is 0.00000338. The van der Waals surface area contributed by atoms with Crippen LogP contribution >= 0.6 is 24.0 Å². The van der Waals surface area contributed by atoms with Crippen molar-refractivity contribution in [1.29, 1.82) is 0 Å². The van der Waals surface area contributed by atoms with Crippen molar-refractivity contribution in [3.05, 3.63) is 53.8 Å². The lowest BCUT2D eigenvalue weighted by Gasteiger charge is -2.22. The molecule has 0 aliphatic carbocycles. The monoisotopic (exact) mass is 475 g/mol. The van der Waals surface area contributed by atoms with Crippen LogP contribution in [-0.2, 0) is 5.60 Å². The fraction of sp³-hybridized carbons (Fsp3) is 0.278. The van der Waals surface area contributed by atoms with Crippen LogP contribution in [-0.4, -0.2) is 31.8 Å². The fourth-order valence-electron chi connectivity index (χ4n) is 2.23. The van der Waals surface area contributed by atoms with Gasteiger partial charge in [0.1, 0.15) is 22.9 Å². The Bertz CT molecular complexity index is 752. The molecule has 1 atom stereocenters. The molecule has 0 saturated heterocycles. The average Bonchev–Trinajstić information content (AvgIpc) is 2.60. The lowest BCUT2D eigenvalue weighted by molar-refractivity contribution is 0.0673. The third-order valence-corrected chi connectivity index (χ3v) is 3.69. The van der Waals surface area contributed by atoms with Gasteiger partial charge < -0.3 is 25.6 Å². The molecule has 0 bridgehead atoms. The number of rotatable bonds is 6. The molecule has 26 heavy (non-hydrogen) atoms. The minimum absolute atomic E-state index is 0. The molecule has 1 unspecified atom stereocenters. The largest absolute Gasteiger partial charge is 0.497 e. The van der Waals surface area contributed by atoms with Gasteiger partial charge in [0.2, 0.25) is 0 Å². The van der Waals surface area contributed by atoms with Crippen LogP contribution in [0.15, 0.2) is 47.5 Å². The van der Waals surface area contributed by atoms with Gasteiger partial charge in [-0.25, -0.2) is 9.38 Å². The number of nitrogens with zero attached hydrogens (tertiary/aromatic N) is 1. The van der Waals surface area contributed by atoms with Gasteiger partial charge in [0.15, 0.2) is 5.96 Å². The lowest BCUT2D eigenvalue weighted by atomic mass is 9.96. The maximum atomic E-state index is 13.0. The molecule has 2 aromatic rings. The molecule has 2 rings (SSSR count). The number of anilines is 1. The third kappa shape index (κ3) is 5.73. The Hall–Kier alpha value is -2.07. The highest BCUT2D eigenvalue weighted by molar-refractivity contribution is 14.0. The molecule has 2 aromatic carbocycles. The van der Waals surface area contributed by atoms with E-state index in [0.29, 0.717) is 22.7 Å². The highest BCUT2D eigenvalue weighted by Crippen LogP contribution is 2.28. The standard InChI is InChI=1S/C18H22FN3O3.HI/c1-18(23,12-4-6-13(19)7-5-12)11-21-17(20)22-15-10-14(24-2)8-9-16(15)25-3;/h4-10,23H,11H2,1-3H3,(H3,20,21,22);1H. The summed E-state index contributed by atoms with van der Waals surface area (Å²) in [4.78, 5) is 4.16. The number of hydrogen-bond donors (Lipinski definition) is 3. The van der Waals surface area contributed by atoms with Crippen LogP contribution < -0.4 is 20.5 Å². The molecule has 0 aromatic heterocycles. The number of aliphatic hydroxyl groups is 1. The summed E-state index contributed by atoms with van der Waals surface area (Å²) in [7, 11) is 3.10. The van der Waals surface area contributed by atoms with E-state index in [1.807, 2.05) is 0 Å². The lowest BCUT2D eigenvalue weighted by Crippen LogP contribution is -2.29. The van der Waals surface area contributed by atoms with E-state index >= 15 is 0 Å². The van der Waals surface area contributed by atoms with E-state index < -0.39 is 5.60 Å². The molecule has 142 valence electrons. The Morgan fingerprint density at radius 1 is 1.19 bits per heavy atom. The van der Waals surface area contributed by atoms with Crippen LogP contribution in [0.5, 0.6) is 11.5 Å². The van der Waals surface area contributed by atoms with Gasteiger partial charge in [0.25, 0.3) is 0 Å². The quantitative estimate of drug-likeness (QED) is 0.340. The SMILES string of the molecule is COc1ccc(OC)c(NC(N)=NCC(C)(O)c2ccc(F)cc2)c1.I. The molecular weight excluding hydrogens is 452 g/mol. The van der Waals surface area contributed by atoms with Crippen LogP contribution in [0.1, 0.15) is 12.5 Å². The van der Waals surface area contributed by atoms with Crippen LogP contribution in [0.25, 0.3) is 0 Å². The van der Waals surface area contributed by atoms with Crippen molar-refractivity contribution in [2.75, 3.05) is 26.1 Å². The average molecular weight is 475 g/mol. The van der Waals surface area contributed by atoms with Gasteiger partial charge >= 0.3 is 0 Å². The van der Waals surface area contributed by atoms with E-state index in [1.54, 1.807) is 39.3 Å². The van der Waals surface area contributed by atoms with Crippen LogP contribution in [0.3, 0.4) is 0 Å². The van der Waals surface area contributed by atoms with Gasteiger partial charge in [-0.1, -0.05) is 12.1 Å². The number of guanidine groups is 1. The van der Waals surface area contributed by atoms with E-state index in [-0.39, 0.29) is 42.3 Å². The zero-order valence-electron chi connectivity index (χ0n) is 14.8. The molecular formula is C18H23FIN3O3. The van der Waals surface area contributed by atoms with Crippen molar-refractivity contribution in [3.63, 3.8) is 0 Å². The van der Waals surface area contributed by atoms with Gasteiger partial charge in [-0.05, 0) is 36.8 Å². The Morgan fingerprint density at radius 3 is 2.42 bits per heavy atom. The fourth-order valence-corrected chi connectivity index (χ4v) is 2.23. The van der Waals surface area contributed by atoms with Crippen molar-refractivity contribution in [3.8, 4) is 11.5 Å². The van der Waals surface area contributed by atoms with Gasteiger partial charge in [-0.2, -0.15) is 0 Å². The van der Waals surface area contributed by atoms with Crippen molar-refractivity contribution in [2.24, 2.45) is 10.7 Å². The normalized spacial score (nSPS) is 13.3. The molecule has 0 spiro atoms. The molecule has 8 heteroatoms. The molecule has 0 heterocycles. The first-order chi connectivity index (χ1) is 11.9. The summed E-state index contributed by atoms with van der Waals surface area (Å²) in [6.07, 6.45) is 0. The maximum absolute atomic E-state index is 13.0. The predicted molar refractivity (Wildman–Crippen MR) is 111 cm³/mol. The topological polar surface area (TPSA) is 89.1 Å². The number of methoxy groups -OCH3 is 2. The first-order valence-corrected chi connectivity index (χ1v) is 7.63. The first kappa shape index (κ1) is 22.0. The number of halogens is 2. The zero-order chi connectivity index (χ0) is 18.4. The second kappa shape index (κ2) is 9.58. The van der Waals surface area contributed by atoms with Crippen molar-refractivity contribution in [2.45, 2.75) is 12.5 Å². The number of aliphatic imine (C=N–C) groups is 1. The molecule has 4 N–H and O–H groups in total. The van der Waals surface area contributed by atoms with E-state index in [2.05, 4.69) is 10.3 Å². The summed E-state index contributed by atoms with van der Waals surface area (Å²) < 4.78 is 23.4. The second-order valence-electron chi connectivity index (χ2n) is 5.67. The summed E-state index contributed by atoms with van der Waals surface area (Å²) in [5.41, 5.74) is 5.76. The van der Waals surface area contributed by atoms with Crippen molar-refractivity contribution < 1.29 is 19.0 Å². The summed E-state index contributed by atoms with van der Waals surface area (Å²) in [5.74, 6) is 0.946. The minimum atomic E-state index is -1.28. The minimum Gasteiger partial charge on any atom is -0.497 e. The zero-order valence-corrected chi connectivity index (χ0v) is 17.2. The second-order valence-corrected chi connectivity index (χ2v) is 5.67. The summed E-state index contributed by atoms with van der Waals surface area (Å²) in [6.45, 7) is 1.59. The molecule has 0 radical (unpaired) electrons. The summed E-state index contributed by atoms with van der Waals surface area (Å²) in [6, 6.07) is 10.8. The van der Waals surface area contributed by atoms with Crippen molar-refractivity contribution >= 4 is 35.6 Å². The van der Waals surface area contributed by atoms with E-state index in [1.165, 1.54) is 24.3 Å². The predicted octanol–water partition coefficient (Wildman–Crippen LogP) is 3.10. The van der Waals surface area contributed by atoms with Crippen LogP contribution in [0, 0.1) is 5.82 Å². The Labute approximate surface area is 169 Å². The van der Waals surface area contributed by atoms with E-state index in [0.717, 1.165) is 0 Å². The number of nitrogens with two attached hydrogens (primary N) is 1. The maximum Gasteiger partial charge on any atom is 0.193 e. The van der Waals surface area contributed by atoms with Crippen LogP contribution in [0.4, 0.5) is 10.1 Å². The Morgan fingerprint density at radius 2 is 1.85 bits per heavy atom. The third-order valence-electron chi connectivity index (χ3n) is 3.69. The highest BCUT2D eigenvalue weighted by Gasteiger charge is 2.22. The van der Waals surface area contributed by atoms with E-state index in [4.69, 9.17) is 15.2 Å². The molecule has 0 aliphatic heterocycles. The molecule has 0 saturated carbocycles. The van der Waals surface area contributed by atoms with Gasteiger partial charge in [0.05, 0.1) is 26.5 Å². The molecule has 6 nitrogen and oxygen atoms in total.